The van der Waals surface area contributed by atoms with E-state index in [1.807, 2.05) is 0 Å². The highest BCUT2D eigenvalue weighted by atomic mass is 35.5. The molecule has 0 fully saturated rings. The summed E-state index contributed by atoms with van der Waals surface area (Å²) in [5, 5.41) is 59.2. The van der Waals surface area contributed by atoms with Crippen molar-refractivity contribution in [3.05, 3.63) is 130 Å². The Bertz CT molecular complexity index is 2780. The van der Waals surface area contributed by atoms with Gasteiger partial charge in [-0.15, -0.1) is 0 Å². The van der Waals surface area contributed by atoms with Crippen molar-refractivity contribution in [3.8, 4) is 11.5 Å². The van der Waals surface area contributed by atoms with E-state index in [2.05, 4.69) is 42.5 Å². The first-order valence-electron chi connectivity index (χ1n) is 25.5. The maximum Gasteiger partial charge on any atom is 0.248 e. The van der Waals surface area contributed by atoms with Gasteiger partial charge in [0.1, 0.15) is 54.0 Å². The lowest BCUT2D eigenvalue weighted by Crippen LogP contribution is -2.60. The Morgan fingerprint density at radius 3 is 1.49 bits per heavy atom. The first-order valence-corrected chi connectivity index (χ1v) is 28.3. The number of aryl methyl sites for hydroxylation is 1. The molecule has 4 aromatic rings. The van der Waals surface area contributed by atoms with Gasteiger partial charge in [-0.1, -0.05) is 81.7 Å². The molecule has 0 heterocycles. The molecule has 4 rings (SSSR count). The van der Waals surface area contributed by atoms with Gasteiger partial charge in [0.25, 0.3) is 0 Å². The summed E-state index contributed by atoms with van der Waals surface area (Å²) in [6.45, 7) is 1.38. The average molecular weight is 1180 g/mol. The highest BCUT2D eigenvalue weighted by Gasteiger charge is 2.33. The van der Waals surface area contributed by atoms with Crippen LogP contribution in [0, 0.1) is 5.41 Å². The van der Waals surface area contributed by atoms with Gasteiger partial charge in [-0.25, -0.2) is 0 Å². The molecule has 0 bridgehead atoms. The number of halogens is 1. The lowest BCUT2D eigenvalue weighted by atomic mass is 10.0. The second-order valence-corrected chi connectivity index (χ2v) is 21.7. The fourth-order valence-electron chi connectivity index (χ4n) is 7.72. The van der Waals surface area contributed by atoms with Crippen molar-refractivity contribution >= 4 is 92.7 Å². The molecule has 18 N–H and O–H groups in total. The fourth-order valence-corrected chi connectivity index (χ4v) is 10.3. The van der Waals surface area contributed by atoms with Gasteiger partial charge in [-0.2, -0.15) is 0 Å². The number of carbonyl (C=O) groups is 9. The summed E-state index contributed by atoms with van der Waals surface area (Å²) in [7, 11) is 3.81. The van der Waals surface area contributed by atoms with E-state index < -0.39 is 95.7 Å². The van der Waals surface area contributed by atoms with Gasteiger partial charge < -0.3 is 79.8 Å². The van der Waals surface area contributed by atoms with Crippen molar-refractivity contribution in [2.45, 2.75) is 100 Å². The van der Waals surface area contributed by atoms with Crippen LogP contribution < -0.4 is 59.7 Å². The molecule has 0 aliphatic heterocycles. The number of guanidine groups is 1. The van der Waals surface area contributed by atoms with E-state index >= 15 is 0 Å². The number of phenolic OH excluding ortho intramolecular Hbond substituents is 2. The largest absolute Gasteiger partial charge is 0.508 e. The Hall–Kier alpha value is -7.91. The Morgan fingerprint density at radius 1 is 0.593 bits per heavy atom. The SMILES string of the molecule is CN[C@@H](CSSC[C@@H](NC(=O)CCc1ccc(Cl)cc1)C(=O)N[C@@H](Cc1ccc(O)cc1)C(=O)N[C@H](Cc1ccc(C(N)=O)cc1)C(=O)N[C@@H](CCCNC(=N)N)C(=O)NC(C=O)C(C)O)C(=O)N[C@H](Cc1ccc(O)cc1)C(N)=O. The van der Waals surface area contributed by atoms with Crippen LogP contribution in [0.3, 0.4) is 0 Å². The Labute approximate surface area is 480 Å². The zero-order valence-corrected chi connectivity index (χ0v) is 46.8. The van der Waals surface area contributed by atoms with Crippen molar-refractivity contribution in [2.75, 3.05) is 25.1 Å². The lowest BCUT2D eigenvalue weighted by molar-refractivity contribution is -0.134. The summed E-state index contributed by atoms with van der Waals surface area (Å²) in [5.74, 6) is -6.57. The summed E-state index contributed by atoms with van der Waals surface area (Å²) in [5.41, 5.74) is 18.9. The van der Waals surface area contributed by atoms with E-state index in [-0.39, 0.29) is 86.0 Å². The van der Waals surface area contributed by atoms with Crippen molar-refractivity contribution in [2.24, 2.45) is 17.2 Å². The summed E-state index contributed by atoms with van der Waals surface area (Å²) in [6.07, 6.45) is -1.13. The molecule has 0 radical (unpaired) electrons. The molecule has 81 heavy (non-hydrogen) atoms. The van der Waals surface area contributed by atoms with Crippen molar-refractivity contribution < 1.29 is 58.5 Å². The fraction of sp³-hybridized carbons (Fsp3) is 0.370. The van der Waals surface area contributed by atoms with Crippen LogP contribution in [-0.2, 0) is 64.0 Å². The van der Waals surface area contributed by atoms with Gasteiger partial charge in [0, 0.05) is 54.3 Å². The van der Waals surface area contributed by atoms with Crippen LogP contribution in [-0.4, -0.2) is 148 Å². The smallest absolute Gasteiger partial charge is 0.248 e. The average Bonchev–Trinajstić information content (AvgIpc) is 3.45. The first-order chi connectivity index (χ1) is 38.5. The number of aldehydes is 1. The number of aliphatic hydroxyl groups is 1. The molecule has 0 saturated heterocycles. The molecule has 0 aliphatic rings. The number of amides is 8. The van der Waals surface area contributed by atoms with E-state index in [1.165, 1.54) is 74.6 Å². The number of likely N-dealkylation sites (N-methyl/N-ethyl adjacent to an activating group) is 1. The third kappa shape index (κ3) is 23.4. The van der Waals surface area contributed by atoms with Crippen LogP contribution in [0.5, 0.6) is 11.5 Å². The van der Waals surface area contributed by atoms with Crippen molar-refractivity contribution in [3.63, 3.8) is 0 Å². The highest BCUT2D eigenvalue weighted by molar-refractivity contribution is 8.76. The third-order valence-corrected chi connectivity index (χ3v) is 15.0. The van der Waals surface area contributed by atoms with E-state index in [4.69, 9.17) is 34.2 Å². The monoisotopic (exact) mass is 1180 g/mol. The van der Waals surface area contributed by atoms with E-state index in [1.54, 1.807) is 36.4 Å². The molecule has 0 spiro atoms. The van der Waals surface area contributed by atoms with Gasteiger partial charge >= 0.3 is 0 Å². The second-order valence-electron chi connectivity index (χ2n) is 18.7. The summed E-state index contributed by atoms with van der Waals surface area (Å²) >= 11 is 6.06. The number of primary amides is 2. The molecule has 0 aromatic heterocycles. The zero-order chi connectivity index (χ0) is 59.6. The minimum atomic E-state index is -1.51. The van der Waals surface area contributed by atoms with Gasteiger partial charge in [0.15, 0.2) is 5.96 Å². The number of carbonyl (C=O) groups excluding carboxylic acids is 9. The molecule has 436 valence electrons. The molecule has 24 nitrogen and oxygen atoms in total. The number of nitrogens with one attached hydrogen (secondary N) is 9. The predicted molar refractivity (Wildman–Crippen MR) is 307 cm³/mol. The van der Waals surface area contributed by atoms with Crippen LogP contribution in [0.1, 0.15) is 58.8 Å². The lowest BCUT2D eigenvalue weighted by Gasteiger charge is -2.27. The van der Waals surface area contributed by atoms with Gasteiger partial charge in [0.05, 0.1) is 12.1 Å². The maximum atomic E-state index is 14.8. The zero-order valence-electron chi connectivity index (χ0n) is 44.4. The molecule has 0 aliphatic carbocycles. The van der Waals surface area contributed by atoms with E-state index in [0.29, 0.717) is 28.0 Å². The molecule has 8 atom stereocenters. The second kappa shape index (κ2) is 33.6. The van der Waals surface area contributed by atoms with Crippen LogP contribution in [0.4, 0.5) is 0 Å². The third-order valence-electron chi connectivity index (χ3n) is 12.4. The number of aliphatic hydroxyl groups excluding tert-OH is 1. The number of aromatic hydroxyl groups is 2. The number of phenols is 2. The summed E-state index contributed by atoms with van der Waals surface area (Å²) in [6, 6.07) is 15.4. The molecule has 2 unspecified atom stereocenters. The standard InChI is InChI=1S/C54H69ClN12O12S2/c1-30(69)43(27-68)67-49(75)39(4-3-23-61-54(58)59)63-50(76)41(25-32-5-14-35(15-6-32)47(56)73)65-51(77)42(26-34-11-20-38(71)21-12-34)66-53(79)45(62-46(72)22-13-31-7-16-36(55)17-8-31)29-81-80-28-44(60-2)52(78)64-40(48(57)74)24-33-9-18-37(70)19-10-33/h5-12,14-21,27,30,39-45,60,69-71H,3-4,13,22-26,28-29H2,1-2H3,(H2,56,73)(H2,57,74)(H,62,72)(H,63,76)(H,64,78)(H,65,77)(H,66,79)(H,67,75)(H4,58,59,61)/t30?,39-,40+,41+,42-,43?,44-,45+/m0/s1. The van der Waals surface area contributed by atoms with Crippen LogP contribution in [0.15, 0.2) is 97.1 Å². The van der Waals surface area contributed by atoms with Gasteiger partial charge in [-0.05, 0) is 104 Å². The topological polar surface area (TPSA) is 412 Å². The molecule has 4 aromatic carbocycles. The van der Waals surface area contributed by atoms with Crippen LogP contribution >= 0.6 is 33.2 Å². The quantitative estimate of drug-likeness (QED) is 0.00940. The number of nitrogens with two attached hydrogens (primary N) is 3. The van der Waals surface area contributed by atoms with Crippen molar-refractivity contribution in [1.29, 1.82) is 5.41 Å². The predicted octanol–water partition coefficient (Wildman–Crippen LogP) is -0.283. The van der Waals surface area contributed by atoms with Gasteiger partial charge in [0.2, 0.25) is 47.3 Å². The molecular weight excluding hydrogens is 1110 g/mol. The minimum absolute atomic E-state index is 0.0179. The number of hydrogen-bond donors (Lipinski definition) is 15. The summed E-state index contributed by atoms with van der Waals surface area (Å²) in [4.78, 5) is 121. The number of rotatable bonds is 34. The Kier molecular flexibility index (Phi) is 27.2. The van der Waals surface area contributed by atoms with E-state index in [9.17, 15) is 58.5 Å². The molecule has 0 saturated carbocycles. The van der Waals surface area contributed by atoms with E-state index in [0.717, 1.165) is 27.2 Å². The number of benzene rings is 4. The van der Waals surface area contributed by atoms with Crippen LogP contribution in [0.2, 0.25) is 5.02 Å². The Morgan fingerprint density at radius 2 is 1.02 bits per heavy atom. The number of hydrogen-bond acceptors (Lipinski definition) is 16. The highest BCUT2D eigenvalue weighted by Crippen LogP contribution is 2.24. The minimum Gasteiger partial charge on any atom is -0.508 e. The Balaban J connectivity index is 1.63. The van der Waals surface area contributed by atoms with Crippen LogP contribution in [0.25, 0.3) is 0 Å². The van der Waals surface area contributed by atoms with Gasteiger partial charge in [-0.3, -0.25) is 43.8 Å². The van der Waals surface area contributed by atoms with Crippen molar-refractivity contribution in [1.82, 2.24) is 42.5 Å². The normalized spacial score (nSPS) is 13.9. The maximum absolute atomic E-state index is 14.8. The molecule has 8 amide bonds. The molecule has 27 heteroatoms. The molecular formula is C54H69ClN12O12S2. The first kappa shape index (κ1) is 65.6. The summed E-state index contributed by atoms with van der Waals surface area (Å²) < 4.78 is 0.